The molecule has 3 atom stereocenters. The quantitative estimate of drug-likeness (QED) is 0.690. The predicted molar refractivity (Wildman–Crippen MR) is 63.3 cm³/mol. The summed E-state index contributed by atoms with van der Waals surface area (Å²) in [5, 5.41) is 9.58. The van der Waals surface area contributed by atoms with Gasteiger partial charge in [0.1, 0.15) is 0 Å². The second-order valence-electron chi connectivity index (χ2n) is 5.57. The van der Waals surface area contributed by atoms with Crippen LogP contribution in [0.15, 0.2) is 0 Å². The van der Waals surface area contributed by atoms with Gasteiger partial charge >= 0.3 is 0 Å². The number of hydrogen-bond donors (Lipinski definition) is 1. The lowest BCUT2D eigenvalue weighted by Gasteiger charge is -2.34. The van der Waals surface area contributed by atoms with Gasteiger partial charge in [-0.3, -0.25) is 0 Å². The van der Waals surface area contributed by atoms with Crippen molar-refractivity contribution in [2.24, 2.45) is 17.3 Å². The summed E-state index contributed by atoms with van der Waals surface area (Å²) in [6.07, 6.45) is 3.57. The van der Waals surface area contributed by atoms with Crippen molar-refractivity contribution in [2.45, 2.75) is 66.9 Å². The Labute approximate surface area is 89.9 Å². The van der Waals surface area contributed by atoms with Gasteiger partial charge in [0.05, 0.1) is 6.10 Å². The van der Waals surface area contributed by atoms with Gasteiger partial charge in [0, 0.05) is 0 Å². The van der Waals surface area contributed by atoms with Gasteiger partial charge in [0.25, 0.3) is 0 Å². The number of rotatable bonds is 6. The average Bonchev–Trinajstić information content (AvgIpc) is 2.12. The van der Waals surface area contributed by atoms with E-state index in [1.54, 1.807) is 0 Å². The number of aliphatic hydroxyl groups excluding tert-OH is 1. The second-order valence-corrected chi connectivity index (χ2v) is 5.57. The minimum Gasteiger partial charge on any atom is -0.393 e. The molecule has 0 rings (SSSR count). The first kappa shape index (κ1) is 14.0. The third-order valence-corrected chi connectivity index (χ3v) is 3.93. The van der Waals surface area contributed by atoms with Gasteiger partial charge in [-0.15, -0.1) is 0 Å². The van der Waals surface area contributed by atoms with Gasteiger partial charge < -0.3 is 5.11 Å². The first-order valence-electron chi connectivity index (χ1n) is 5.99. The Morgan fingerprint density at radius 2 is 1.64 bits per heavy atom. The lowest BCUT2D eigenvalue weighted by Crippen LogP contribution is -2.30. The van der Waals surface area contributed by atoms with E-state index in [0.717, 1.165) is 5.92 Å². The molecular formula is C13H28O. The number of aliphatic hydroxyl groups is 1. The van der Waals surface area contributed by atoms with E-state index in [-0.39, 0.29) is 11.5 Å². The zero-order chi connectivity index (χ0) is 11.4. The van der Waals surface area contributed by atoms with Crippen LogP contribution >= 0.6 is 0 Å². The summed E-state index contributed by atoms with van der Waals surface area (Å²) in [4.78, 5) is 0. The van der Waals surface area contributed by atoms with Gasteiger partial charge in [-0.25, -0.2) is 0 Å². The van der Waals surface area contributed by atoms with Crippen molar-refractivity contribution in [3.8, 4) is 0 Å². The summed E-state index contributed by atoms with van der Waals surface area (Å²) in [5.74, 6) is 1.20. The highest BCUT2D eigenvalue weighted by Gasteiger charge is 2.28. The van der Waals surface area contributed by atoms with Gasteiger partial charge in [-0.2, -0.15) is 0 Å². The standard InChI is InChI=1S/C13H28O/c1-7-10(2)8-9-13(5,6)11(3)12(4)14/h10-12,14H,7-9H2,1-6H3. The van der Waals surface area contributed by atoms with Crippen molar-refractivity contribution in [3.05, 3.63) is 0 Å². The largest absolute Gasteiger partial charge is 0.393 e. The maximum absolute atomic E-state index is 9.58. The van der Waals surface area contributed by atoms with Crippen molar-refractivity contribution < 1.29 is 5.11 Å². The molecule has 0 aromatic rings. The van der Waals surface area contributed by atoms with E-state index in [1.165, 1.54) is 19.3 Å². The molecule has 0 aliphatic rings. The number of hydrogen-bond acceptors (Lipinski definition) is 1. The van der Waals surface area contributed by atoms with Gasteiger partial charge in [-0.05, 0) is 30.6 Å². The zero-order valence-corrected chi connectivity index (χ0v) is 10.8. The summed E-state index contributed by atoms with van der Waals surface area (Å²) >= 11 is 0. The van der Waals surface area contributed by atoms with Crippen molar-refractivity contribution in [1.29, 1.82) is 0 Å². The third kappa shape index (κ3) is 4.45. The van der Waals surface area contributed by atoms with Crippen LogP contribution in [0.25, 0.3) is 0 Å². The molecular weight excluding hydrogens is 172 g/mol. The monoisotopic (exact) mass is 200 g/mol. The average molecular weight is 200 g/mol. The molecule has 14 heavy (non-hydrogen) atoms. The van der Waals surface area contributed by atoms with Crippen LogP contribution in [0.1, 0.15) is 60.8 Å². The van der Waals surface area contributed by atoms with Crippen molar-refractivity contribution >= 4 is 0 Å². The highest BCUT2D eigenvalue weighted by Crippen LogP contribution is 2.35. The molecule has 0 fully saturated rings. The summed E-state index contributed by atoms with van der Waals surface area (Å²) < 4.78 is 0. The summed E-state index contributed by atoms with van der Waals surface area (Å²) in [5.41, 5.74) is 0.262. The van der Waals surface area contributed by atoms with Crippen LogP contribution in [-0.2, 0) is 0 Å². The van der Waals surface area contributed by atoms with Crippen molar-refractivity contribution in [1.82, 2.24) is 0 Å². The molecule has 0 bridgehead atoms. The van der Waals surface area contributed by atoms with E-state index in [9.17, 15) is 5.11 Å². The van der Waals surface area contributed by atoms with Crippen LogP contribution in [0.2, 0.25) is 0 Å². The smallest absolute Gasteiger partial charge is 0.0542 e. The van der Waals surface area contributed by atoms with Crippen molar-refractivity contribution in [3.63, 3.8) is 0 Å². The minimum absolute atomic E-state index is 0.193. The van der Waals surface area contributed by atoms with E-state index in [0.29, 0.717) is 5.92 Å². The Morgan fingerprint density at radius 1 is 1.14 bits per heavy atom. The summed E-state index contributed by atoms with van der Waals surface area (Å²) in [7, 11) is 0. The molecule has 1 nitrogen and oxygen atoms in total. The Kier molecular flexibility index (Phi) is 5.73. The van der Waals surface area contributed by atoms with Gasteiger partial charge in [0.15, 0.2) is 0 Å². The van der Waals surface area contributed by atoms with Crippen LogP contribution in [0.3, 0.4) is 0 Å². The van der Waals surface area contributed by atoms with E-state index in [2.05, 4.69) is 34.6 Å². The molecule has 1 heteroatoms. The molecule has 0 saturated heterocycles. The highest BCUT2D eigenvalue weighted by molar-refractivity contribution is 4.79. The summed E-state index contributed by atoms with van der Waals surface area (Å²) in [6, 6.07) is 0. The third-order valence-electron chi connectivity index (χ3n) is 3.93. The molecule has 3 unspecified atom stereocenters. The van der Waals surface area contributed by atoms with Crippen LogP contribution in [-0.4, -0.2) is 11.2 Å². The zero-order valence-electron chi connectivity index (χ0n) is 10.8. The Balaban J connectivity index is 4.06. The van der Waals surface area contributed by atoms with Crippen LogP contribution in [0.4, 0.5) is 0 Å². The van der Waals surface area contributed by atoms with Crippen LogP contribution < -0.4 is 0 Å². The molecule has 1 N–H and O–H groups in total. The van der Waals surface area contributed by atoms with Crippen LogP contribution in [0, 0.1) is 17.3 Å². The maximum atomic E-state index is 9.58. The first-order chi connectivity index (χ1) is 6.31. The Hall–Kier alpha value is -0.0400. The molecule has 0 heterocycles. The topological polar surface area (TPSA) is 20.2 Å². The second kappa shape index (κ2) is 5.75. The van der Waals surface area contributed by atoms with Crippen molar-refractivity contribution in [2.75, 3.05) is 0 Å². The molecule has 0 saturated carbocycles. The fourth-order valence-electron chi connectivity index (χ4n) is 1.70. The maximum Gasteiger partial charge on any atom is 0.0542 e. The minimum atomic E-state index is -0.193. The fraction of sp³-hybridized carbons (Fsp3) is 1.00. The SMILES string of the molecule is CCC(C)CCC(C)(C)C(C)C(C)O. The van der Waals surface area contributed by atoms with E-state index in [1.807, 2.05) is 6.92 Å². The van der Waals surface area contributed by atoms with E-state index in [4.69, 9.17) is 0 Å². The molecule has 0 aliphatic heterocycles. The lowest BCUT2D eigenvalue weighted by atomic mass is 9.73. The molecule has 0 aromatic heterocycles. The molecule has 0 spiro atoms. The summed E-state index contributed by atoms with van der Waals surface area (Å²) in [6.45, 7) is 13.1. The van der Waals surface area contributed by atoms with E-state index < -0.39 is 0 Å². The first-order valence-corrected chi connectivity index (χ1v) is 5.99. The van der Waals surface area contributed by atoms with Gasteiger partial charge in [-0.1, -0.05) is 47.5 Å². The van der Waals surface area contributed by atoms with Gasteiger partial charge in [0.2, 0.25) is 0 Å². The Morgan fingerprint density at radius 3 is 2.00 bits per heavy atom. The predicted octanol–water partition coefficient (Wildman–Crippen LogP) is 3.86. The highest BCUT2D eigenvalue weighted by atomic mass is 16.3. The molecule has 0 amide bonds. The Bertz CT molecular complexity index is 149. The van der Waals surface area contributed by atoms with Crippen LogP contribution in [0.5, 0.6) is 0 Å². The fourth-order valence-corrected chi connectivity index (χ4v) is 1.70. The molecule has 0 aliphatic carbocycles. The molecule has 0 aromatic carbocycles. The normalized spacial score (nSPS) is 19.1. The molecule has 0 radical (unpaired) electrons. The molecule has 86 valence electrons. The van der Waals surface area contributed by atoms with E-state index >= 15 is 0 Å². The lowest BCUT2D eigenvalue weighted by molar-refractivity contribution is 0.0502.